The van der Waals surface area contributed by atoms with Crippen LogP contribution in [0.2, 0.25) is 0 Å². The van der Waals surface area contributed by atoms with E-state index in [2.05, 4.69) is 54.0 Å². The van der Waals surface area contributed by atoms with Crippen molar-refractivity contribution in [3.63, 3.8) is 0 Å². The Bertz CT molecular complexity index is 371. The van der Waals surface area contributed by atoms with Gasteiger partial charge in [-0.2, -0.15) is 0 Å². The largest absolute Gasteiger partial charge is 0.503 e. The number of rotatable bonds is 1. The minimum Gasteiger partial charge on any atom is -0.450 e. The zero-order chi connectivity index (χ0) is 13.0. The molecule has 0 aromatic heterocycles. The van der Waals surface area contributed by atoms with Crippen LogP contribution in [0, 0.1) is 11.8 Å². The number of benzene rings is 1. The Labute approximate surface area is 110 Å². The normalized spacial score (nSPS) is 26.4. The Morgan fingerprint density at radius 1 is 1.24 bits per heavy atom. The van der Waals surface area contributed by atoms with E-state index in [1.807, 2.05) is 0 Å². The van der Waals surface area contributed by atoms with Crippen molar-refractivity contribution in [2.45, 2.75) is 26.2 Å². The lowest BCUT2D eigenvalue weighted by molar-refractivity contribution is 0.137. The van der Waals surface area contributed by atoms with Gasteiger partial charge < -0.3 is 10.2 Å². The molecule has 1 fully saturated rings. The summed E-state index contributed by atoms with van der Waals surface area (Å²) in [5, 5.41) is 13.9. The number of hydrogen-bond acceptors (Lipinski definition) is 1. The van der Waals surface area contributed by atoms with Gasteiger partial charge in [-0.05, 0) is 41.9 Å². The lowest BCUT2D eigenvalue weighted by atomic mass is 9.64. The molecule has 0 radical (unpaired) electrons. The van der Waals surface area contributed by atoms with Gasteiger partial charge in [-0.15, -0.1) is 0 Å². The van der Waals surface area contributed by atoms with Crippen LogP contribution in [-0.4, -0.2) is 16.4 Å². The fourth-order valence-corrected chi connectivity index (χ4v) is 2.44. The Kier molecular flexibility index (Phi) is 5.00. The minimum atomic E-state index is -1.83. The summed E-state index contributed by atoms with van der Waals surface area (Å²) in [6.07, 6.45) is -0.469. The molecule has 3 atom stereocenters. The monoisotopic (exact) mass is 300 g/mol. The highest BCUT2D eigenvalue weighted by molar-refractivity contribution is 9.10. The van der Waals surface area contributed by atoms with Crippen LogP contribution in [0.3, 0.4) is 0 Å². The lowest BCUT2D eigenvalue weighted by Crippen LogP contribution is -2.30. The van der Waals surface area contributed by atoms with Crippen LogP contribution in [0.4, 0.5) is 4.79 Å². The highest BCUT2D eigenvalue weighted by Gasteiger charge is 2.34. The average molecular weight is 301 g/mol. The number of halogens is 1. The van der Waals surface area contributed by atoms with E-state index in [1.54, 1.807) is 0 Å². The van der Waals surface area contributed by atoms with Crippen molar-refractivity contribution < 1.29 is 15.0 Å². The van der Waals surface area contributed by atoms with Gasteiger partial charge in [-0.25, -0.2) is 4.79 Å². The second-order valence-electron chi connectivity index (χ2n) is 4.51. The maximum atomic E-state index is 8.56. The Balaban J connectivity index is 0.000000317. The first kappa shape index (κ1) is 14.0. The molecule has 1 saturated carbocycles. The number of carboxylic acid groups (broad SMARTS) is 2. The predicted octanol–water partition coefficient (Wildman–Crippen LogP) is 4.43. The van der Waals surface area contributed by atoms with Gasteiger partial charge >= 0.3 is 6.16 Å². The van der Waals surface area contributed by atoms with Gasteiger partial charge in [0.1, 0.15) is 0 Å². The molecule has 1 aromatic rings. The van der Waals surface area contributed by atoms with Crippen LogP contribution < -0.4 is 0 Å². The van der Waals surface area contributed by atoms with Gasteiger partial charge in [0.15, 0.2) is 0 Å². The molecule has 2 N–H and O–H groups in total. The summed E-state index contributed by atoms with van der Waals surface area (Å²) in [6, 6.07) is 8.78. The van der Waals surface area contributed by atoms with Crippen molar-refractivity contribution in [3.05, 3.63) is 34.3 Å². The van der Waals surface area contributed by atoms with Crippen LogP contribution in [-0.2, 0) is 0 Å². The zero-order valence-corrected chi connectivity index (χ0v) is 11.5. The Hall–Kier alpha value is -1.03. The summed E-state index contributed by atoms with van der Waals surface area (Å²) in [6.45, 7) is 4.71. The molecule has 2 rings (SSSR count). The van der Waals surface area contributed by atoms with Crippen molar-refractivity contribution in [2.24, 2.45) is 11.8 Å². The smallest absolute Gasteiger partial charge is 0.450 e. The molecule has 0 saturated heterocycles. The van der Waals surface area contributed by atoms with Crippen LogP contribution in [0.5, 0.6) is 0 Å². The van der Waals surface area contributed by atoms with Crippen LogP contribution in [0.1, 0.15) is 31.7 Å². The fourth-order valence-electron chi connectivity index (χ4n) is 2.18. The minimum absolute atomic E-state index is 0.808. The maximum Gasteiger partial charge on any atom is 0.503 e. The molecule has 0 aliphatic heterocycles. The average Bonchev–Trinajstić information content (AvgIpc) is 2.26. The van der Waals surface area contributed by atoms with Crippen molar-refractivity contribution >= 4 is 22.1 Å². The van der Waals surface area contributed by atoms with E-state index >= 15 is 0 Å². The molecule has 1 aliphatic carbocycles. The van der Waals surface area contributed by atoms with Crippen molar-refractivity contribution in [1.82, 2.24) is 0 Å². The summed E-state index contributed by atoms with van der Waals surface area (Å²) in [5.41, 5.74) is 1.51. The van der Waals surface area contributed by atoms with Crippen LogP contribution in [0.25, 0.3) is 0 Å². The molecule has 0 heterocycles. The van der Waals surface area contributed by atoms with E-state index in [1.165, 1.54) is 16.5 Å². The van der Waals surface area contributed by atoms with Crippen LogP contribution in [0.15, 0.2) is 28.7 Å². The van der Waals surface area contributed by atoms with Crippen molar-refractivity contribution in [3.8, 4) is 0 Å². The molecule has 0 spiro atoms. The summed E-state index contributed by atoms with van der Waals surface area (Å²) in [7, 11) is 0. The Morgan fingerprint density at radius 2 is 1.71 bits per heavy atom. The Morgan fingerprint density at radius 3 is 2.06 bits per heavy atom. The maximum absolute atomic E-state index is 8.56. The number of hydrogen-bond donors (Lipinski definition) is 2. The molecular weight excluding hydrogens is 284 g/mol. The third kappa shape index (κ3) is 4.04. The van der Waals surface area contributed by atoms with Gasteiger partial charge in [0.2, 0.25) is 0 Å². The van der Waals surface area contributed by atoms with E-state index in [-0.39, 0.29) is 0 Å². The summed E-state index contributed by atoms with van der Waals surface area (Å²) in [4.78, 5) is 8.56. The van der Waals surface area contributed by atoms with E-state index < -0.39 is 6.16 Å². The molecule has 0 amide bonds. The molecule has 17 heavy (non-hydrogen) atoms. The first-order valence-electron chi connectivity index (χ1n) is 5.59. The molecule has 3 unspecified atom stereocenters. The summed E-state index contributed by atoms with van der Waals surface area (Å²) < 4.78 is 1.18. The van der Waals surface area contributed by atoms with Crippen LogP contribution >= 0.6 is 15.9 Å². The first-order chi connectivity index (χ1) is 7.91. The highest BCUT2D eigenvalue weighted by atomic mass is 79.9. The van der Waals surface area contributed by atoms with E-state index in [0.717, 1.165) is 17.8 Å². The van der Waals surface area contributed by atoms with Gasteiger partial charge in [0.05, 0.1) is 0 Å². The molecule has 0 bridgehead atoms. The standard InChI is InChI=1S/C12H15Br.CH2O3/c1-8-7-12(9(8)2)10-3-5-11(13)6-4-10;2-1(3)4/h3-6,8-9,12H,7H2,1-2H3;(H2,2,3,4). The fraction of sp³-hybridized carbons (Fsp3) is 0.462. The second-order valence-corrected chi connectivity index (χ2v) is 5.43. The summed E-state index contributed by atoms with van der Waals surface area (Å²) >= 11 is 3.46. The number of carbonyl (C=O) groups is 1. The second kappa shape index (κ2) is 6.05. The molecule has 1 aliphatic rings. The predicted molar refractivity (Wildman–Crippen MR) is 70.5 cm³/mol. The SMILES string of the molecule is CC1CC(c2ccc(Br)cc2)C1C.O=C(O)O. The molecule has 94 valence electrons. The van der Waals surface area contributed by atoms with Crippen molar-refractivity contribution in [2.75, 3.05) is 0 Å². The van der Waals surface area contributed by atoms with Crippen molar-refractivity contribution in [1.29, 1.82) is 0 Å². The first-order valence-corrected chi connectivity index (χ1v) is 6.38. The van der Waals surface area contributed by atoms with E-state index in [4.69, 9.17) is 15.0 Å². The summed E-state index contributed by atoms with van der Waals surface area (Å²) in [5.74, 6) is 2.58. The topological polar surface area (TPSA) is 57.5 Å². The molecule has 1 aromatic carbocycles. The quantitative estimate of drug-likeness (QED) is 0.806. The van der Waals surface area contributed by atoms with E-state index in [0.29, 0.717) is 0 Å². The van der Waals surface area contributed by atoms with Gasteiger partial charge in [-0.1, -0.05) is 41.9 Å². The molecular formula is C13H17BrO3. The third-order valence-corrected chi connectivity index (χ3v) is 3.98. The third-order valence-electron chi connectivity index (χ3n) is 3.46. The van der Waals surface area contributed by atoms with Gasteiger partial charge in [0, 0.05) is 4.47 Å². The zero-order valence-electron chi connectivity index (χ0n) is 9.93. The molecule has 3 nitrogen and oxygen atoms in total. The lowest BCUT2D eigenvalue weighted by Gasteiger charge is -2.41. The highest BCUT2D eigenvalue weighted by Crippen LogP contribution is 2.46. The van der Waals surface area contributed by atoms with Gasteiger partial charge in [-0.3, -0.25) is 0 Å². The molecule has 4 heteroatoms. The van der Waals surface area contributed by atoms with E-state index in [9.17, 15) is 0 Å². The van der Waals surface area contributed by atoms with Gasteiger partial charge in [0.25, 0.3) is 0 Å².